The van der Waals surface area contributed by atoms with Crippen molar-refractivity contribution in [1.29, 1.82) is 0 Å². The van der Waals surface area contributed by atoms with Gasteiger partial charge in [0.2, 0.25) is 0 Å². The van der Waals surface area contributed by atoms with E-state index in [1.807, 2.05) is 40.1 Å². The minimum Gasteiger partial charge on any atom is -0.296 e. The zero-order valence-electron chi connectivity index (χ0n) is 12.5. The van der Waals surface area contributed by atoms with E-state index in [1.54, 1.807) is 22.7 Å². The molecule has 3 nitrogen and oxygen atoms in total. The summed E-state index contributed by atoms with van der Waals surface area (Å²) in [6.45, 7) is 2.14. The number of aromatic nitrogens is 2. The fraction of sp³-hybridized carbons (Fsp3) is 0.111. The molecule has 0 atom stereocenters. The molecule has 0 N–H and O–H groups in total. The molecule has 4 rings (SSSR count). The summed E-state index contributed by atoms with van der Waals surface area (Å²) in [7, 11) is 0. The number of carbonyl (C=O) groups is 1. The highest BCUT2D eigenvalue weighted by Gasteiger charge is 2.21. The maximum Gasteiger partial charge on any atom is 0.195 e. The van der Waals surface area contributed by atoms with Crippen molar-refractivity contribution in [3.05, 3.63) is 58.4 Å². The first-order valence-electron chi connectivity index (χ1n) is 7.42. The van der Waals surface area contributed by atoms with Gasteiger partial charge in [0.1, 0.15) is 11.4 Å². The van der Waals surface area contributed by atoms with E-state index in [0.29, 0.717) is 5.69 Å². The van der Waals surface area contributed by atoms with Crippen molar-refractivity contribution in [2.75, 3.05) is 0 Å². The minimum atomic E-state index is 0.636. The summed E-state index contributed by atoms with van der Waals surface area (Å²) in [5.74, 6) is 0. The number of aldehydes is 1. The Morgan fingerprint density at radius 3 is 2.65 bits per heavy atom. The highest BCUT2D eigenvalue weighted by molar-refractivity contribution is 7.17. The molecule has 0 saturated heterocycles. The number of thiazole rings is 1. The van der Waals surface area contributed by atoms with Crippen LogP contribution in [0.1, 0.15) is 22.3 Å². The lowest BCUT2D eigenvalue weighted by molar-refractivity contribution is 0.111. The number of rotatable bonds is 4. The molecule has 0 fully saturated rings. The molecule has 0 bridgehead atoms. The largest absolute Gasteiger partial charge is 0.296 e. The lowest BCUT2D eigenvalue weighted by Gasteiger charge is -2.05. The van der Waals surface area contributed by atoms with E-state index in [-0.39, 0.29) is 0 Å². The van der Waals surface area contributed by atoms with Gasteiger partial charge in [-0.25, -0.2) is 4.98 Å². The van der Waals surface area contributed by atoms with Crippen molar-refractivity contribution in [3.8, 4) is 21.8 Å². The fourth-order valence-electron chi connectivity index (χ4n) is 2.81. The van der Waals surface area contributed by atoms with Crippen LogP contribution >= 0.6 is 22.7 Å². The first-order chi connectivity index (χ1) is 11.3. The Hall–Kier alpha value is -2.24. The summed E-state index contributed by atoms with van der Waals surface area (Å²) in [6.07, 6.45) is 1.85. The summed E-state index contributed by atoms with van der Waals surface area (Å²) < 4.78 is 2.01. The van der Waals surface area contributed by atoms with Gasteiger partial charge in [-0.1, -0.05) is 43.3 Å². The summed E-state index contributed by atoms with van der Waals surface area (Å²) in [6, 6.07) is 14.2. The van der Waals surface area contributed by atoms with E-state index in [0.717, 1.165) is 39.5 Å². The first-order valence-corrected chi connectivity index (χ1v) is 9.11. The second-order valence-corrected chi connectivity index (χ2v) is 7.16. The van der Waals surface area contributed by atoms with Crippen LogP contribution < -0.4 is 0 Å². The fourth-order valence-corrected chi connectivity index (χ4v) is 4.62. The smallest absolute Gasteiger partial charge is 0.195 e. The molecular weight excluding hydrogens is 324 g/mol. The van der Waals surface area contributed by atoms with Gasteiger partial charge in [0, 0.05) is 4.88 Å². The van der Waals surface area contributed by atoms with Crippen molar-refractivity contribution in [1.82, 2.24) is 9.38 Å². The molecule has 0 aliphatic rings. The van der Waals surface area contributed by atoms with Crippen molar-refractivity contribution >= 4 is 33.9 Å². The monoisotopic (exact) mass is 338 g/mol. The van der Waals surface area contributed by atoms with Crippen LogP contribution in [0.2, 0.25) is 0 Å². The van der Waals surface area contributed by atoms with E-state index in [1.165, 1.54) is 4.88 Å². The normalized spacial score (nSPS) is 11.2. The number of fused-ring (bicyclic) bond motifs is 1. The highest BCUT2D eigenvalue weighted by atomic mass is 32.1. The molecule has 23 heavy (non-hydrogen) atoms. The second kappa shape index (κ2) is 5.76. The topological polar surface area (TPSA) is 34.4 Å². The number of benzene rings is 1. The van der Waals surface area contributed by atoms with Gasteiger partial charge in [-0.05, 0) is 23.4 Å². The van der Waals surface area contributed by atoms with Crippen molar-refractivity contribution < 1.29 is 4.79 Å². The average Bonchev–Trinajstić information content (AvgIpc) is 3.29. The number of imidazole rings is 1. The molecular formula is C18H14N2OS2. The van der Waals surface area contributed by atoms with Gasteiger partial charge in [0.25, 0.3) is 0 Å². The Morgan fingerprint density at radius 1 is 1.17 bits per heavy atom. The summed E-state index contributed by atoms with van der Waals surface area (Å²) in [5, 5.41) is 2.01. The van der Waals surface area contributed by atoms with Gasteiger partial charge in [0.15, 0.2) is 11.2 Å². The van der Waals surface area contributed by atoms with Crippen LogP contribution in [0.3, 0.4) is 0 Å². The van der Waals surface area contributed by atoms with Gasteiger partial charge in [-0.2, -0.15) is 0 Å². The Morgan fingerprint density at radius 2 is 2.00 bits per heavy atom. The third-order valence-corrected chi connectivity index (χ3v) is 5.88. The highest BCUT2D eigenvalue weighted by Crippen LogP contribution is 2.37. The minimum absolute atomic E-state index is 0.636. The van der Waals surface area contributed by atoms with Crippen LogP contribution in [-0.4, -0.2) is 15.7 Å². The number of nitrogens with zero attached hydrogens (tertiary/aromatic N) is 2. The van der Waals surface area contributed by atoms with Gasteiger partial charge in [0.05, 0.1) is 10.6 Å². The number of hydrogen-bond donors (Lipinski definition) is 0. The Kier molecular flexibility index (Phi) is 3.59. The number of carbonyl (C=O) groups excluding carboxylic acids is 1. The lowest BCUT2D eigenvalue weighted by Crippen LogP contribution is -1.95. The lowest BCUT2D eigenvalue weighted by atomic mass is 10.1. The predicted molar refractivity (Wildman–Crippen MR) is 96.6 cm³/mol. The Labute approximate surface area is 141 Å². The molecule has 0 aliphatic carbocycles. The van der Waals surface area contributed by atoms with Crippen molar-refractivity contribution in [2.45, 2.75) is 13.3 Å². The average molecular weight is 338 g/mol. The molecule has 3 aromatic heterocycles. The number of thiophene rings is 1. The van der Waals surface area contributed by atoms with Crippen LogP contribution in [0, 0.1) is 0 Å². The van der Waals surface area contributed by atoms with E-state index < -0.39 is 0 Å². The van der Waals surface area contributed by atoms with Crippen molar-refractivity contribution in [3.63, 3.8) is 0 Å². The maximum absolute atomic E-state index is 11.8. The summed E-state index contributed by atoms with van der Waals surface area (Å²) >= 11 is 3.27. The molecule has 0 aliphatic heterocycles. The molecule has 0 radical (unpaired) electrons. The summed E-state index contributed by atoms with van der Waals surface area (Å²) in [5.41, 5.74) is 3.62. The zero-order chi connectivity index (χ0) is 15.8. The van der Waals surface area contributed by atoms with E-state index in [2.05, 4.69) is 19.1 Å². The SMILES string of the molecule is CCc1sc2nc(-c3cccs3)c(C=O)n2c1-c1ccccc1. The number of aryl methyl sites for hydroxylation is 1. The van der Waals surface area contributed by atoms with E-state index >= 15 is 0 Å². The van der Waals surface area contributed by atoms with Crippen molar-refractivity contribution in [2.24, 2.45) is 0 Å². The summed E-state index contributed by atoms with van der Waals surface area (Å²) in [4.78, 5) is 19.7. The first kappa shape index (κ1) is 14.4. The molecule has 3 heterocycles. The second-order valence-electron chi connectivity index (χ2n) is 5.15. The van der Waals surface area contributed by atoms with Crippen LogP contribution in [0.4, 0.5) is 0 Å². The standard InChI is InChI=1S/C18H14N2OS2/c1-2-14-17(12-7-4-3-5-8-12)20-13(11-21)16(19-18(20)23-14)15-9-6-10-22-15/h3-11H,2H2,1H3. The maximum atomic E-state index is 11.8. The Bertz CT molecular complexity index is 966. The molecule has 1 aromatic carbocycles. The molecule has 5 heteroatoms. The molecule has 0 saturated carbocycles. The molecule has 0 amide bonds. The van der Waals surface area contributed by atoms with Gasteiger partial charge >= 0.3 is 0 Å². The van der Waals surface area contributed by atoms with Gasteiger partial charge in [-0.15, -0.1) is 22.7 Å². The molecule has 0 unspecified atom stereocenters. The van der Waals surface area contributed by atoms with Gasteiger partial charge < -0.3 is 0 Å². The quantitative estimate of drug-likeness (QED) is 0.481. The Balaban J connectivity index is 2.07. The zero-order valence-corrected chi connectivity index (χ0v) is 14.2. The third-order valence-electron chi connectivity index (χ3n) is 3.82. The van der Waals surface area contributed by atoms with Crippen LogP contribution in [0.5, 0.6) is 0 Å². The third kappa shape index (κ3) is 2.24. The predicted octanol–water partition coefficient (Wildman–Crippen LogP) is 5.17. The van der Waals surface area contributed by atoms with E-state index in [4.69, 9.17) is 4.98 Å². The van der Waals surface area contributed by atoms with Crippen LogP contribution in [0.25, 0.3) is 26.8 Å². The number of hydrogen-bond acceptors (Lipinski definition) is 4. The van der Waals surface area contributed by atoms with Crippen LogP contribution in [-0.2, 0) is 6.42 Å². The molecule has 4 aromatic rings. The molecule has 0 spiro atoms. The van der Waals surface area contributed by atoms with Gasteiger partial charge in [-0.3, -0.25) is 9.20 Å². The molecule has 114 valence electrons. The van der Waals surface area contributed by atoms with E-state index in [9.17, 15) is 4.79 Å². The van der Waals surface area contributed by atoms with Crippen LogP contribution in [0.15, 0.2) is 47.8 Å².